The van der Waals surface area contributed by atoms with Crippen LogP contribution in [0.4, 0.5) is 0 Å². The van der Waals surface area contributed by atoms with Gasteiger partial charge < -0.3 is 0 Å². The van der Waals surface area contributed by atoms with Crippen molar-refractivity contribution < 1.29 is 0 Å². The van der Waals surface area contributed by atoms with Crippen molar-refractivity contribution in [1.82, 2.24) is 4.90 Å². The van der Waals surface area contributed by atoms with Gasteiger partial charge in [0.05, 0.1) is 6.07 Å². The fraction of sp³-hybridized carbons (Fsp3) is 0.900. The van der Waals surface area contributed by atoms with Crippen LogP contribution >= 0.6 is 12.4 Å². The molecule has 1 rings (SSSR count). The molecule has 1 aliphatic rings. The lowest BCUT2D eigenvalue weighted by molar-refractivity contribution is 0.164. The van der Waals surface area contributed by atoms with Crippen LogP contribution in [0.3, 0.4) is 0 Å². The summed E-state index contributed by atoms with van der Waals surface area (Å²) in [5.41, 5.74) is 0. The number of hydrogen-bond donors (Lipinski definition) is 0. The molecule has 0 saturated carbocycles. The highest BCUT2D eigenvalue weighted by Crippen LogP contribution is 2.16. The molecule has 1 aliphatic heterocycles. The second-order valence-corrected chi connectivity index (χ2v) is 3.91. The Morgan fingerprint density at radius 2 is 1.69 bits per heavy atom. The van der Waals surface area contributed by atoms with Crippen LogP contribution in [0.15, 0.2) is 0 Å². The zero-order valence-corrected chi connectivity index (χ0v) is 9.31. The summed E-state index contributed by atoms with van der Waals surface area (Å²) in [6, 6.07) is 2.54. The molecule has 0 N–H and O–H groups in total. The van der Waals surface area contributed by atoms with E-state index in [0.717, 1.165) is 13.1 Å². The van der Waals surface area contributed by atoms with Gasteiger partial charge in [0.2, 0.25) is 0 Å². The summed E-state index contributed by atoms with van der Waals surface area (Å²) in [5.74, 6) is 0.466. The Hall–Kier alpha value is -0.260. The molecule has 2 nitrogen and oxygen atoms in total. The lowest BCUT2D eigenvalue weighted by Gasteiger charge is -2.32. The molecule has 0 radical (unpaired) electrons. The van der Waals surface area contributed by atoms with E-state index in [1.807, 2.05) is 0 Å². The van der Waals surface area contributed by atoms with Gasteiger partial charge in [0.15, 0.2) is 0 Å². The molecule has 0 amide bonds. The molecule has 0 aromatic carbocycles. The van der Waals surface area contributed by atoms with E-state index in [4.69, 9.17) is 5.26 Å². The van der Waals surface area contributed by atoms with Crippen molar-refractivity contribution in [2.45, 2.75) is 39.2 Å². The highest BCUT2D eigenvalue weighted by molar-refractivity contribution is 5.85. The molecule has 1 atom stereocenters. The molecule has 0 spiro atoms. The number of nitriles is 1. The normalized spacial score (nSPS) is 20.5. The third-order valence-electron chi connectivity index (χ3n) is 2.55. The molecule has 3 heteroatoms. The van der Waals surface area contributed by atoms with Crippen molar-refractivity contribution in [3.05, 3.63) is 0 Å². The first-order chi connectivity index (χ1) is 5.75. The molecule has 1 saturated heterocycles. The minimum absolute atomic E-state index is 0. The van der Waals surface area contributed by atoms with E-state index >= 15 is 0 Å². The third-order valence-corrected chi connectivity index (χ3v) is 2.55. The first kappa shape index (κ1) is 12.7. The first-order valence-corrected chi connectivity index (χ1v) is 4.89. The Labute approximate surface area is 87.3 Å². The summed E-state index contributed by atoms with van der Waals surface area (Å²) in [6.45, 7) is 6.50. The summed E-state index contributed by atoms with van der Waals surface area (Å²) in [7, 11) is 0. The average Bonchev–Trinajstić information content (AvgIpc) is 2.07. The average molecular weight is 203 g/mol. The van der Waals surface area contributed by atoms with Gasteiger partial charge >= 0.3 is 0 Å². The van der Waals surface area contributed by atoms with Crippen molar-refractivity contribution in [3.63, 3.8) is 0 Å². The van der Waals surface area contributed by atoms with E-state index in [1.165, 1.54) is 19.3 Å². The van der Waals surface area contributed by atoms with Gasteiger partial charge in [-0.3, -0.25) is 4.90 Å². The number of rotatable bonds is 2. The second-order valence-electron chi connectivity index (χ2n) is 3.91. The zero-order valence-electron chi connectivity index (χ0n) is 8.49. The van der Waals surface area contributed by atoms with Crippen LogP contribution in [0.1, 0.15) is 33.1 Å². The van der Waals surface area contributed by atoms with Crippen LogP contribution in [0.5, 0.6) is 0 Å². The Balaban J connectivity index is 0.00000144. The summed E-state index contributed by atoms with van der Waals surface area (Å²) in [6.07, 6.45) is 3.88. The van der Waals surface area contributed by atoms with E-state index in [-0.39, 0.29) is 18.4 Å². The predicted octanol–water partition coefficient (Wildman–Crippen LogP) is 2.44. The lowest BCUT2D eigenvalue weighted by atomic mass is 10.0. The van der Waals surface area contributed by atoms with Gasteiger partial charge in [0.1, 0.15) is 6.04 Å². The maximum atomic E-state index is 8.96. The first-order valence-electron chi connectivity index (χ1n) is 4.89. The number of likely N-dealkylation sites (tertiary alicyclic amines) is 1. The third kappa shape index (κ3) is 3.54. The van der Waals surface area contributed by atoms with Gasteiger partial charge in [0, 0.05) is 0 Å². The smallest absolute Gasteiger partial charge is 0.100 e. The van der Waals surface area contributed by atoms with Crippen molar-refractivity contribution >= 4 is 12.4 Å². The highest BCUT2D eigenvalue weighted by Gasteiger charge is 2.22. The molecular weight excluding hydrogens is 184 g/mol. The Morgan fingerprint density at radius 1 is 1.15 bits per heavy atom. The Morgan fingerprint density at radius 3 is 2.08 bits per heavy atom. The van der Waals surface area contributed by atoms with Crippen LogP contribution in [0.25, 0.3) is 0 Å². The molecule has 0 aromatic heterocycles. The number of nitrogens with zero attached hydrogens (tertiary/aromatic N) is 2. The molecule has 0 aliphatic carbocycles. The number of hydrogen-bond acceptors (Lipinski definition) is 2. The molecule has 1 fully saturated rings. The largest absolute Gasteiger partial charge is 0.288 e. The van der Waals surface area contributed by atoms with Gasteiger partial charge in [-0.25, -0.2) is 0 Å². The highest BCUT2D eigenvalue weighted by atomic mass is 35.5. The molecule has 0 aromatic rings. The van der Waals surface area contributed by atoms with Gasteiger partial charge in [-0.05, 0) is 31.8 Å². The van der Waals surface area contributed by atoms with E-state index in [1.54, 1.807) is 0 Å². The summed E-state index contributed by atoms with van der Waals surface area (Å²) >= 11 is 0. The molecule has 0 bridgehead atoms. The lowest BCUT2D eigenvalue weighted by Crippen LogP contribution is -2.41. The molecular formula is C10H19ClN2. The van der Waals surface area contributed by atoms with E-state index in [9.17, 15) is 0 Å². The van der Waals surface area contributed by atoms with Crippen LogP contribution in [0.2, 0.25) is 0 Å². The minimum atomic E-state index is 0. The fourth-order valence-corrected chi connectivity index (χ4v) is 1.85. The van der Waals surface area contributed by atoms with Crippen LogP contribution < -0.4 is 0 Å². The predicted molar refractivity (Wildman–Crippen MR) is 56.9 cm³/mol. The SMILES string of the molecule is CC(C)C(C#N)N1CCCCC1.Cl. The van der Waals surface area contributed by atoms with Crippen LogP contribution in [0, 0.1) is 17.2 Å². The summed E-state index contributed by atoms with van der Waals surface area (Å²) in [4.78, 5) is 2.33. The Bertz CT molecular complexity index is 168. The van der Waals surface area contributed by atoms with Crippen molar-refractivity contribution in [2.24, 2.45) is 5.92 Å². The summed E-state index contributed by atoms with van der Waals surface area (Å²) < 4.78 is 0. The standard InChI is InChI=1S/C10H18N2.ClH/c1-9(2)10(8-11)12-6-4-3-5-7-12;/h9-10H,3-7H2,1-2H3;1H. The van der Waals surface area contributed by atoms with Gasteiger partial charge in [-0.1, -0.05) is 20.3 Å². The molecule has 76 valence electrons. The van der Waals surface area contributed by atoms with Gasteiger partial charge in [-0.2, -0.15) is 5.26 Å². The van der Waals surface area contributed by atoms with Crippen molar-refractivity contribution in [2.75, 3.05) is 13.1 Å². The van der Waals surface area contributed by atoms with Crippen molar-refractivity contribution in [1.29, 1.82) is 5.26 Å². The molecule has 1 unspecified atom stereocenters. The summed E-state index contributed by atoms with van der Waals surface area (Å²) in [5, 5.41) is 8.96. The molecule has 1 heterocycles. The molecule has 13 heavy (non-hydrogen) atoms. The Kier molecular flexibility index (Phi) is 6.11. The topological polar surface area (TPSA) is 27.0 Å². The van der Waals surface area contributed by atoms with E-state index < -0.39 is 0 Å². The number of halogens is 1. The fourth-order valence-electron chi connectivity index (χ4n) is 1.85. The van der Waals surface area contributed by atoms with E-state index in [2.05, 4.69) is 24.8 Å². The van der Waals surface area contributed by atoms with Gasteiger partial charge in [-0.15, -0.1) is 12.4 Å². The number of piperidine rings is 1. The van der Waals surface area contributed by atoms with Crippen LogP contribution in [-0.4, -0.2) is 24.0 Å². The zero-order chi connectivity index (χ0) is 8.97. The quantitative estimate of drug-likeness (QED) is 0.688. The van der Waals surface area contributed by atoms with Crippen molar-refractivity contribution in [3.8, 4) is 6.07 Å². The van der Waals surface area contributed by atoms with E-state index in [0.29, 0.717) is 5.92 Å². The van der Waals surface area contributed by atoms with Crippen LogP contribution in [-0.2, 0) is 0 Å². The maximum absolute atomic E-state index is 8.96. The monoisotopic (exact) mass is 202 g/mol. The minimum Gasteiger partial charge on any atom is -0.288 e. The second kappa shape index (κ2) is 6.23. The maximum Gasteiger partial charge on any atom is 0.100 e. The van der Waals surface area contributed by atoms with Gasteiger partial charge in [0.25, 0.3) is 0 Å².